The van der Waals surface area contributed by atoms with Crippen LogP contribution < -0.4 is 16.0 Å². The monoisotopic (exact) mass is 281 g/mol. The predicted octanol–water partition coefficient (Wildman–Crippen LogP) is 2.43. The first-order chi connectivity index (χ1) is 9.29. The van der Waals surface area contributed by atoms with Crippen LogP contribution in [0.15, 0.2) is 18.5 Å². The standard InChI is InChI=1S/C15H27N3O2/c1-10(2)20-12-7-11(8-17-9-12)13(18-16)14(19-6)15(3,4)5/h7-10,13-14,18H,16H2,1-6H3. The van der Waals surface area contributed by atoms with Crippen molar-refractivity contribution in [1.29, 1.82) is 0 Å². The molecule has 0 fully saturated rings. The van der Waals surface area contributed by atoms with Gasteiger partial charge in [-0.25, -0.2) is 0 Å². The van der Waals surface area contributed by atoms with Crippen LogP contribution >= 0.6 is 0 Å². The third kappa shape index (κ3) is 4.44. The largest absolute Gasteiger partial charge is 0.489 e. The van der Waals surface area contributed by atoms with Crippen molar-refractivity contribution in [1.82, 2.24) is 10.4 Å². The van der Waals surface area contributed by atoms with E-state index in [-0.39, 0.29) is 23.7 Å². The number of rotatable bonds is 6. The molecular formula is C15H27N3O2. The van der Waals surface area contributed by atoms with E-state index in [1.165, 1.54) is 0 Å². The summed E-state index contributed by atoms with van der Waals surface area (Å²) in [6, 6.07) is 1.80. The van der Waals surface area contributed by atoms with E-state index < -0.39 is 0 Å². The van der Waals surface area contributed by atoms with Gasteiger partial charge in [0.15, 0.2) is 0 Å². The zero-order valence-electron chi connectivity index (χ0n) is 13.3. The Morgan fingerprint density at radius 1 is 1.25 bits per heavy atom. The van der Waals surface area contributed by atoms with Crippen molar-refractivity contribution in [3.8, 4) is 5.75 Å². The van der Waals surface area contributed by atoms with Crippen LogP contribution in [-0.4, -0.2) is 24.3 Å². The molecule has 3 N–H and O–H groups in total. The summed E-state index contributed by atoms with van der Waals surface area (Å²) >= 11 is 0. The van der Waals surface area contributed by atoms with Crippen molar-refractivity contribution < 1.29 is 9.47 Å². The van der Waals surface area contributed by atoms with Gasteiger partial charge < -0.3 is 9.47 Å². The molecular weight excluding hydrogens is 254 g/mol. The van der Waals surface area contributed by atoms with Crippen molar-refractivity contribution in [2.75, 3.05) is 7.11 Å². The minimum Gasteiger partial charge on any atom is -0.489 e. The van der Waals surface area contributed by atoms with Crippen LogP contribution in [0.25, 0.3) is 0 Å². The number of methoxy groups -OCH3 is 1. The van der Waals surface area contributed by atoms with Crippen LogP contribution in [0.2, 0.25) is 0 Å². The van der Waals surface area contributed by atoms with Crippen LogP contribution in [-0.2, 0) is 4.74 Å². The number of ether oxygens (including phenoxy) is 2. The molecule has 114 valence electrons. The maximum atomic E-state index is 5.73. The summed E-state index contributed by atoms with van der Waals surface area (Å²) < 4.78 is 11.3. The van der Waals surface area contributed by atoms with Gasteiger partial charge in [0.05, 0.1) is 24.4 Å². The molecule has 1 aromatic heterocycles. The van der Waals surface area contributed by atoms with Crippen molar-refractivity contribution in [3.05, 3.63) is 24.0 Å². The molecule has 0 spiro atoms. The van der Waals surface area contributed by atoms with E-state index in [0.717, 1.165) is 11.3 Å². The maximum absolute atomic E-state index is 5.73. The highest BCUT2D eigenvalue weighted by molar-refractivity contribution is 5.27. The normalized spacial score (nSPS) is 15.2. The number of hydrazine groups is 1. The van der Waals surface area contributed by atoms with E-state index in [0.29, 0.717) is 0 Å². The molecule has 2 unspecified atom stereocenters. The van der Waals surface area contributed by atoms with Gasteiger partial charge in [0.25, 0.3) is 0 Å². The van der Waals surface area contributed by atoms with Gasteiger partial charge in [-0.1, -0.05) is 20.8 Å². The highest BCUT2D eigenvalue weighted by Crippen LogP contribution is 2.32. The van der Waals surface area contributed by atoms with Gasteiger partial charge >= 0.3 is 0 Å². The molecule has 0 radical (unpaired) electrons. The van der Waals surface area contributed by atoms with E-state index in [4.69, 9.17) is 15.3 Å². The summed E-state index contributed by atoms with van der Waals surface area (Å²) in [5.74, 6) is 6.47. The average molecular weight is 281 g/mol. The van der Waals surface area contributed by atoms with E-state index in [1.807, 2.05) is 19.9 Å². The Kier molecular flexibility index (Phi) is 5.92. The van der Waals surface area contributed by atoms with Crippen LogP contribution in [0.1, 0.15) is 46.2 Å². The summed E-state index contributed by atoms with van der Waals surface area (Å²) in [7, 11) is 1.70. The summed E-state index contributed by atoms with van der Waals surface area (Å²) in [4.78, 5) is 4.23. The second-order valence-electron chi connectivity index (χ2n) is 6.29. The third-order valence-corrected chi connectivity index (χ3v) is 3.06. The van der Waals surface area contributed by atoms with Crippen molar-refractivity contribution in [2.45, 2.75) is 52.9 Å². The summed E-state index contributed by atoms with van der Waals surface area (Å²) in [6.07, 6.45) is 3.52. The topological polar surface area (TPSA) is 69.4 Å². The Morgan fingerprint density at radius 3 is 2.35 bits per heavy atom. The lowest BCUT2D eigenvalue weighted by Gasteiger charge is -2.35. The lowest BCUT2D eigenvalue weighted by molar-refractivity contribution is -0.0121. The zero-order chi connectivity index (χ0) is 15.3. The van der Waals surface area contributed by atoms with Gasteiger partial charge in [-0.05, 0) is 30.9 Å². The quantitative estimate of drug-likeness (QED) is 0.619. The number of nitrogens with zero attached hydrogens (tertiary/aromatic N) is 1. The molecule has 0 bridgehead atoms. The first-order valence-corrected chi connectivity index (χ1v) is 6.90. The molecule has 1 rings (SSSR count). The number of nitrogens with two attached hydrogens (primary N) is 1. The molecule has 5 nitrogen and oxygen atoms in total. The van der Waals surface area contributed by atoms with Gasteiger partial charge in [0.2, 0.25) is 0 Å². The molecule has 0 saturated heterocycles. The molecule has 0 amide bonds. The molecule has 0 aliphatic heterocycles. The second-order valence-corrected chi connectivity index (χ2v) is 6.29. The van der Waals surface area contributed by atoms with E-state index in [2.05, 4.69) is 31.2 Å². The molecule has 2 atom stereocenters. The van der Waals surface area contributed by atoms with Gasteiger partial charge in [0.1, 0.15) is 5.75 Å². The molecule has 0 aromatic carbocycles. The molecule has 1 heterocycles. The highest BCUT2D eigenvalue weighted by Gasteiger charge is 2.33. The predicted molar refractivity (Wildman–Crippen MR) is 80.3 cm³/mol. The van der Waals surface area contributed by atoms with Crippen molar-refractivity contribution in [2.24, 2.45) is 11.3 Å². The van der Waals surface area contributed by atoms with E-state index in [9.17, 15) is 0 Å². The van der Waals surface area contributed by atoms with Crippen LogP contribution in [0.4, 0.5) is 0 Å². The summed E-state index contributed by atoms with van der Waals surface area (Å²) in [6.45, 7) is 10.3. The van der Waals surface area contributed by atoms with Crippen LogP contribution in [0.5, 0.6) is 5.75 Å². The highest BCUT2D eigenvalue weighted by atomic mass is 16.5. The fraction of sp³-hybridized carbons (Fsp3) is 0.667. The van der Waals surface area contributed by atoms with Crippen molar-refractivity contribution in [3.63, 3.8) is 0 Å². The first kappa shape index (κ1) is 16.9. The zero-order valence-corrected chi connectivity index (χ0v) is 13.3. The Labute approximate surface area is 121 Å². The Hall–Kier alpha value is -1.17. The Morgan fingerprint density at radius 2 is 1.90 bits per heavy atom. The molecule has 0 aliphatic carbocycles. The minimum absolute atomic E-state index is 0.0549. The first-order valence-electron chi connectivity index (χ1n) is 6.90. The number of nitrogens with one attached hydrogen (secondary N) is 1. The van der Waals surface area contributed by atoms with Crippen LogP contribution in [0, 0.1) is 5.41 Å². The Balaban J connectivity index is 3.05. The number of hydrogen-bond donors (Lipinski definition) is 2. The van der Waals surface area contributed by atoms with Crippen LogP contribution in [0.3, 0.4) is 0 Å². The fourth-order valence-corrected chi connectivity index (χ4v) is 2.29. The smallest absolute Gasteiger partial charge is 0.138 e. The van der Waals surface area contributed by atoms with E-state index in [1.54, 1.807) is 19.5 Å². The fourth-order valence-electron chi connectivity index (χ4n) is 2.29. The third-order valence-electron chi connectivity index (χ3n) is 3.06. The van der Waals surface area contributed by atoms with Gasteiger partial charge in [0, 0.05) is 13.3 Å². The molecule has 1 aromatic rings. The minimum atomic E-state index is -0.150. The SMILES string of the molecule is COC(C(NN)c1cncc(OC(C)C)c1)C(C)(C)C. The van der Waals surface area contributed by atoms with Gasteiger partial charge in [-0.15, -0.1) is 0 Å². The number of pyridine rings is 1. The number of hydrogen-bond acceptors (Lipinski definition) is 5. The van der Waals surface area contributed by atoms with Gasteiger partial charge in [-0.3, -0.25) is 16.3 Å². The van der Waals surface area contributed by atoms with Crippen molar-refractivity contribution >= 4 is 0 Å². The average Bonchev–Trinajstić information content (AvgIpc) is 2.33. The maximum Gasteiger partial charge on any atom is 0.138 e. The van der Waals surface area contributed by atoms with Gasteiger partial charge in [-0.2, -0.15) is 0 Å². The lowest BCUT2D eigenvalue weighted by Crippen LogP contribution is -2.44. The molecule has 0 saturated carbocycles. The molecule has 20 heavy (non-hydrogen) atoms. The lowest BCUT2D eigenvalue weighted by atomic mass is 9.82. The second kappa shape index (κ2) is 7.02. The number of aromatic nitrogens is 1. The Bertz CT molecular complexity index is 416. The molecule has 0 aliphatic rings. The summed E-state index contributed by atoms with van der Waals surface area (Å²) in [5, 5.41) is 0. The molecule has 5 heteroatoms. The summed E-state index contributed by atoms with van der Waals surface area (Å²) in [5.41, 5.74) is 3.73. The van der Waals surface area contributed by atoms with E-state index >= 15 is 0 Å².